The maximum Gasteiger partial charge on any atom is 0.313 e. The molecule has 0 atom stereocenters. The largest absolute Gasteiger partial charge is 0.490 e. The molecule has 2 amide bonds. The van der Waals surface area contributed by atoms with Crippen molar-refractivity contribution >= 4 is 17.5 Å². The average molecular weight is 337 g/mol. The first kappa shape index (κ1) is 19.8. The number of rotatable bonds is 9. The van der Waals surface area contributed by atoms with Crippen LogP contribution in [0.4, 0.5) is 5.69 Å². The topological polar surface area (TPSA) is 79.9 Å². The molecule has 0 heterocycles. The first-order chi connectivity index (χ1) is 11.5. The lowest BCUT2D eigenvalue weighted by Gasteiger charge is -2.13. The Labute approximate surface area is 143 Å². The molecule has 0 radical (unpaired) electrons. The monoisotopic (exact) mass is 337 g/mol. The fourth-order valence-electron chi connectivity index (χ4n) is 1.99. The van der Waals surface area contributed by atoms with Gasteiger partial charge in [-0.15, -0.1) is 0 Å². The third-order valence-corrected chi connectivity index (χ3v) is 3.08. The molecule has 0 aliphatic carbocycles. The van der Waals surface area contributed by atoms with Gasteiger partial charge in [0.15, 0.2) is 11.5 Å². The van der Waals surface area contributed by atoms with Crippen LogP contribution in [-0.2, 0) is 9.59 Å². The summed E-state index contributed by atoms with van der Waals surface area (Å²) in [6.07, 6.45) is 0.781. The number of benzene rings is 1. The van der Waals surface area contributed by atoms with Crippen LogP contribution in [0.2, 0.25) is 0 Å². The SMILES string of the molecule is CCOc1ccc(NC(=O)C(=O)NCCCN(C)C)cc1OCC. The number of nitrogens with one attached hydrogen (secondary N) is 2. The summed E-state index contributed by atoms with van der Waals surface area (Å²) in [4.78, 5) is 25.7. The highest BCUT2D eigenvalue weighted by atomic mass is 16.5. The van der Waals surface area contributed by atoms with E-state index >= 15 is 0 Å². The summed E-state index contributed by atoms with van der Waals surface area (Å²) in [7, 11) is 3.91. The first-order valence-corrected chi connectivity index (χ1v) is 8.11. The summed E-state index contributed by atoms with van der Waals surface area (Å²) in [5.41, 5.74) is 0.482. The van der Waals surface area contributed by atoms with E-state index in [1.165, 1.54) is 0 Å². The van der Waals surface area contributed by atoms with Gasteiger partial charge in [-0.05, 0) is 53.0 Å². The molecule has 134 valence electrons. The van der Waals surface area contributed by atoms with Gasteiger partial charge in [0.05, 0.1) is 13.2 Å². The number of ether oxygens (including phenoxy) is 2. The summed E-state index contributed by atoms with van der Waals surface area (Å²) in [6, 6.07) is 5.02. The molecule has 7 heteroatoms. The van der Waals surface area contributed by atoms with E-state index in [9.17, 15) is 9.59 Å². The second kappa shape index (κ2) is 10.5. The summed E-state index contributed by atoms with van der Waals surface area (Å²) >= 11 is 0. The lowest BCUT2D eigenvalue weighted by atomic mass is 10.2. The van der Waals surface area contributed by atoms with Crippen molar-refractivity contribution in [2.75, 3.05) is 45.7 Å². The van der Waals surface area contributed by atoms with Crippen molar-refractivity contribution in [3.63, 3.8) is 0 Å². The van der Waals surface area contributed by atoms with E-state index in [1.807, 2.05) is 32.8 Å². The molecule has 0 aliphatic rings. The summed E-state index contributed by atoms with van der Waals surface area (Å²) in [5.74, 6) is -0.221. The molecule has 0 unspecified atom stereocenters. The Morgan fingerprint density at radius 1 is 1.04 bits per heavy atom. The fraction of sp³-hybridized carbons (Fsp3) is 0.529. The van der Waals surface area contributed by atoms with Crippen LogP contribution in [-0.4, -0.2) is 57.1 Å². The molecule has 0 saturated carbocycles. The average Bonchev–Trinajstić information content (AvgIpc) is 2.54. The second-order valence-corrected chi connectivity index (χ2v) is 5.39. The Bertz CT molecular complexity index is 547. The molecule has 1 aromatic rings. The second-order valence-electron chi connectivity index (χ2n) is 5.39. The van der Waals surface area contributed by atoms with Gasteiger partial charge in [-0.3, -0.25) is 9.59 Å². The Balaban J connectivity index is 2.59. The standard InChI is InChI=1S/C17H27N3O4/c1-5-23-14-9-8-13(12-15(14)24-6-2)19-17(22)16(21)18-10-7-11-20(3)4/h8-9,12H,5-7,10-11H2,1-4H3,(H,18,21)(H,19,22). The summed E-state index contributed by atoms with van der Waals surface area (Å²) < 4.78 is 11.0. The first-order valence-electron chi connectivity index (χ1n) is 8.11. The maximum absolute atomic E-state index is 11.9. The van der Waals surface area contributed by atoms with Crippen molar-refractivity contribution in [3.05, 3.63) is 18.2 Å². The number of carbonyl (C=O) groups excluding carboxylic acids is 2. The Morgan fingerprint density at radius 3 is 2.33 bits per heavy atom. The lowest BCUT2D eigenvalue weighted by Crippen LogP contribution is -2.36. The van der Waals surface area contributed by atoms with Gasteiger partial charge in [-0.1, -0.05) is 0 Å². The molecular formula is C17H27N3O4. The smallest absolute Gasteiger partial charge is 0.313 e. The van der Waals surface area contributed by atoms with E-state index in [-0.39, 0.29) is 0 Å². The quantitative estimate of drug-likeness (QED) is 0.527. The minimum atomic E-state index is -0.702. The predicted molar refractivity (Wildman–Crippen MR) is 93.6 cm³/mol. The molecule has 0 bridgehead atoms. The van der Waals surface area contributed by atoms with Gasteiger partial charge in [0, 0.05) is 18.3 Å². The molecular weight excluding hydrogens is 310 g/mol. The van der Waals surface area contributed by atoms with E-state index < -0.39 is 11.8 Å². The molecule has 1 aromatic carbocycles. The van der Waals surface area contributed by atoms with Crippen LogP contribution in [0.5, 0.6) is 11.5 Å². The van der Waals surface area contributed by atoms with Gasteiger partial charge >= 0.3 is 11.8 Å². The molecule has 0 aromatic heterocycles. The molecule has 0 spiro atoms. The van der Waals surface area contributed by atoms with Crippen LogP contribution in [0.3, 0.4) is 0 Å². The molecule has 2 N–H and O–H groups in total. The number of nitrogens with zero attached hydrogens (tertiary/aromatic N) is 1. The van der Waals surface area contributed by atoms with Gasteiger partial charge < -0.3 is 25.0 Å². The molecule has 0 saturated heterocycles. The van der Waals surface area contributed by atoms with Crippen molar-refractivity contribution < 1.29 is 19.1 Å². The van der Waals surface area contributed by atoms with Gasteiger partial charge in [0.1, 0.15) is 0 Å². The fourth-order valence-corrected chi connectivity index (χ4v) is 1.99. The van der Waals surface area contributed by atoms with Crippen LogP contribution in [0.25, 0.3) is 0 Å². The number of anilines is 1. The third-order valence-electron chi connectivity index (χ3n) is 3.08. The van der Waals surface area contributed by atoms with Crippen LogP contribution >= 0.6 is 0 Å². The van der Waals surface area contributed by atoms with Crippen molar-refractivity contribution in [1.82, 2.24) is 10.2 Å². The molecule has 1 rings (SSSR count). The van der Waals surface area contributed by atoms with Gasteiger partial charge in [0.25, 0.3) is 0 Å². The highest BCUT2D eigenvalue weighted by Gasteiger charge is 2.14. The van der Waals surface area contributed by atoms with E-state index in [0.29, 0.717) is 36.9 Å². The number of hydrogen-bond acceptors (Lipinski definition) is 5. The number of carbonyl (C=O) groups is 2. The normalized spacial score (nSPS) is 10.4. The minimum absolute atomic E-state index is 0.456. The zero-order valence-corrected chi connectivity index (χ0v) is 14.8. The maximum atomic E-state index is 11.9. The van der Waals surface area contributed by atoms with Crippen LogP contribution in [0.15, 0.2) is 18.2 Å². The molecule has 0 aliphatic heterocycles. The molecule has 24 heavy (non-hydrogen) atoms. The Hall–Kier alpha value is -2.28. The zero-order valence-electron chi connectivity index (χ0n) is 14.8. The van der Waals surface area contributed by atoms with Crippen molar-refractivity contribution in [3.8, 4) is 11.5 Å². The van der Waals surface area contributed by atoms with E-state index in [4.69, 9.17) is 9.47 Å². The van der Waals surface area contributed by atoms with Crippen molar-refractivity contribution in [2.24, 2.45) is 0 Å². The van der Waals surface area contributed by atoms with Crippen LogP contribution in [0.1, 0.15) is 20.3 Å². The third kappa shape index (κ3) is 6.87. The minimum Gasteiger partial charge on any atom is -0.490 e. The van der Waals surface area contributed by atoms with E-state index in [2.05, 4.69) is 10.6 Å². The van der Waals surface area contributed by atoms with E-state index in [1.54, 1.807) is 18.2 Å². The molecule has 7 nitrogen and oxygen atoms in total. The summed E-state index contributed by atoms with van der Waals surface area (Å²) in [6.45, 7) is 6.04. The molecule has 0 fully saturated rings. The number of amides is 2. The van der Waals surface area contributed by atoms with Crippen molar-refractivity contribution in [2.45, 2.75) is 20.3 Å². The van der Waals surface area contributed by atoms with Crippen LogP contribution < -0.4 is 20.1 Å². The van der Waals surface area contributed by atoms with Gasteiger partial charge in [-0.25, -0.2) is 0 Å². The Kier molecular flexibility index (Phi) is 8.64. The van der Waals surface area contributed by atoms with Crippen molar-refractivity contribution in [1.29, 1.82) is 0 Å². The number of hydrogen-bond donors (Lipinski definition) is 2. The van der Waals surface area contributed by atoms with Gasteiger partial charge in [-0.2, -0.15) is 0 Å². The summed E-state index contributed by atoms with van der Waals surface area (Å²) in [5, 5.41) is 5.16. The highest BCUT2D eigenvalue weighted by Crippen LogP contribution is 2.30. The van der Waals surface area contributed by atoms with Crippen LogP contribution in [0, 0.1) is 0 Å². The Morgan fingerprint density at radius 2 is 1.71 bits per heavy atom. The highest BCUT2D eigenvalue weighted by molar-refractivity contribution is 6.39. The van der Waals surface area contributed by atoms with Gasteiger partial charge in [0.2, 0.25) is 0 Å². The predicted octanol–water partition coefficient (Wildman–Crippen LogP) is 1.49. The lowest BCUT2D eigenvalue weighted by molar-refractivity contribution is -0.136. The zero-order chi connectivity index (χ0) is 17.9. The van der Waals surface area contributed by atoms with E-state index in [0.717, 1.165) is 13.0 Å².